The van der Waals surface area contributed by atoms with Gasteiger partial charge in [-0.05, 0) is 30.3 Å². The molecule has 0 fully saturated rings. The van der Waals surface area contributed by atoms with Crippen LogP contribution >= 0.6 is 27.3 Å². The summed E-state index contributed by atoms with van der Waals surface area (Å²) in [6, 6.07) is 10.7. The first-order valence-electron chi connectivity index (χ1n) is 5.75. The zero-order valence-electron chi connectivity index (χ0n) is 10.5. The fourth-order valence-electron chi connectivity index (χ4n) is 1.73. The lowest BCUT2D eigenvalue weighted by molar-refractivity contribution is 0.600. The van der Waals surface area contributed by atoms with E-state index in [-0.39, 0.29) is 4.21 Å². The van der Waals surface area contributed by atoms with Gasteiger partial charge in [-0.15, -0.1) is 16.4 Å². The van der Waals surface area contributed by atoms with E-state index >= 15 is 0 Å². The van der Waals surface area contributed by atoms with E-state index in [1.165, 1.54) is 6.07 Å². The Kier molecular flexibility index (Phi) is 3.66. The number of rotatable bonds is 3. The van der Waals surface area contributed by atoms with E-state index in [0.29, 0.717) is 10.6 Å². The highest BCUT2D eigenvalue weighted by atomic mass is 79.9. The van der Waals surface area contributed by atoms with E-state index in [1.54, 1.807) is 16.9 Å². The summed E-state index contributed by atoms with van der Waals surface area (Å²) in [5.41, 5.74) is 1.45. The topological polar surface area (TPSA) is 90.9 Å². The number of benzene rings is 1. The number of sulfonamides is 1. The van der Waals surface area contributed by atoms with Crippen molar-refractivity contribution in [1.29, 1.82) is 0 Å². The number of nitrogens with zero attached hydrogens (tertiary/aromatic N) is 3. The summed E-state index contributed by atoms with van der Waals surface area (Å²) in [5, 5.41) is 13.2. The van der Waals surface area contributed by atoms with Crippen molar-refractivity contribution in [3.63, 3.8) is 0 Å². The average Bonchev–Trinajstić information content (AvgIpc) is 3.07. The lowest BCUT2D eigenvalue weighted by Crippen LogP contribution is -2.09. The Balaban J connectivity index is 1.97. The van der Waals surface area contributed by atoms with E-state index in [1.807, 2.05) is 24.3 Å². The average molecular weight is 385 g/mol. The third-order valence-electron chi connectivity index (χ3n) is 2.68. The Morgan fingerprint density at radius 1 is 1.24 bits per heavy atom. The maximum atomic E-state index is 11.3. The minimum absolute atomic E-state index is 0.106. The summed E-state index contributed by atoms with van der Waals surface area (Å²) in [6.45, 7) is 0. The molecule has 0 amide bonds. The van der Waals surface area contributed by atoms with Crippen molar-refractivity contribution in [2.24, 2.45) is 5.14 Å². The maximum absolute atomic E-state index is 11.3. The van der Waals surface area contributed by atoms with Gasteiger partial charge in [0.1, 0.15) is 9.90 Å². The van der Waals surface area contributed by atoms with Crippen LogP contribution in [0.4, 0.5) is 0 Å². The lowest BCUT2D eigenvalue weighted by atomic mass is 10.3. The Labute approximate surface area is 133 Å². The summed E-state index contributed by atoms with van der Waals surface area (Å²) in [4.78, 5) is 0.695. The molecular weight excluding hydrogens is 376 g/mol. The predicted molar refractivity (Wildman–Crippen MR) is 83.7 cm³/mol. The highest BCUT2D eigenvalue weighted by Gasteiger charge is 2.14. The van der Waals surface area contributed by atoms with E-state index in [9.17, 15) is 8.42 Å². The van der Waals surface area contributed by atoms with Crippen LogP contribution in [0, 0.1) is 0 Å². The van der Waals surface area contributed by atoms with E-state index in [4.69, 9.17) is 5.14 Å². The highest BCUT2D eigenvalue weighted by molar-refractivity contribution is 9.10. The number of thiophene rings is 1. The van der Waals surface area contributed by atoms with Crippen LogP contribution < -0.4 is 5.14 Å². The van der Waals surface area contributed by atoms with Crippen LogP contribution in [0.5, 0.6) is 0 Å². The molecule has 0 aliphatic rings. The van der Waals surface area contributed by atoms with Gasteiger partial charge in [0.25, 0.3) is 0 Å². The second-order valence-corrected chi connectivity index (χ2v) is 7.98. The molecule has 2 N–H and O–H groups in total. The molecule has 0 saturated carbocycles. The molecule has 3 aromatic rings. The molecule has 0 aliphatic carbocycles. The van der Waals surface area contributed by atoms with Gasteiger partial charge in [-0.3, -0.25) is 0 Å². The second kappa shape index (κ2) is 5.34. The smallest absolute Gasteiger partial charge is 0.224 e. The highest BCUT2D eigenvalue weighted by Crippen LogP contribution is 2.29. The SMILES string of the molecule is NS(=O)(=O)c1ccc(-c2cn(-c3cccc(Br)c3)nn2)s1. The van der Waals surface area contributed by atoms with Gasteiger partial charge in [0.2, 0.25) is 10.0 Å². The number of hydrogen-bond acceptors (Lipinski definition) is 5. The molecule has 2 aromatic heterocycles. The molecule has 0 radical (unpaired) electrons. The van der Waals surface area contributed by atoms with Crippen LogP contribution in [0.2, 0.25) is 0 Å². The van der Waals surface area contributed by atoms with Crippen molar-refractivity contribution in [3.05, 3.63) is 47.1 Å². The van der Waals surface area contributed by atoms with Crippen molar-refractivity contribution in [2.45, 2.75) is 4.21 Å². The number of primary sulfonamides is 1. The van der Waals surface area contributed by atoms with Crippen molar-refractivity contribution < 1.29 is 8.42 Å². The fraction of sp³-hybridized carbons (Fsp3) is 0. The van der Waals surface area contributed by atoms with Crippen molar-refractivity contribution in [3.8, 4) is 16.3 Å². The Bertz CT molecular complexity index is 901. The van der Waals surface area contributed by atoms with E-state index < -0.39 is 10.0 Å². The van der Waals surface area contributed by atoms with Gasteiger partial charge in [0, 0.05) is 4.47 Å². The fourth-order valence-corrected chi connectivity index (χ4v) is 3.80. The van der Waals surface area contributed by atoms with Gasteiger partial charge < -0.3 is 0 Å². The van der Waals surface area contributed by atoms with Gasteiger partial charge in [-0.25, -0.2) is 18.2 Å². The van der Waals surface area contributed by atoms with Crippen LogP contribution in [-0.4, -0.2) is 23.4 Å². The summed E-state index contributed by atoms with van der Waals surface area (Å²) in [6.07, 6.45) is 1.74. The first-order chi connectivity index (χ1) is 9.93. The number of nitrogens with two attached hydrogens (primary N) is 1. The quantitative estimate of drug-likeness (QED) is 0.750. The molecule has 21 heavy (non-hydrogen) atoms. The summed E-state index contributed by atoms with van der Waals surface area (Å²) >= 11 is 4.46. The van der Waals surface area contributed by atoms with E-state index in [0.717, 1.165) is 21.5 Å². The normalized spacial score (nSPS) is 11.7. The summed E-state index contributed by atoms with van der Waals surface area (Å²) in [7, 11) is -3.68. The molecule has 0 atom stereocenters. The van der Waals surface area contributed by atoms with Gasteiger partial charge in [0.15, 0.2) is 0 Å². The molecule has 2 heterocycles. The molecule has 108 valence electrons. The molecule has 0 aliphatic heterocycles. The first-order valence-corrected chi connectivity index (χ1v) is 8.90. The van der Waals surface area contributed by atoms with Crippen molar-refractivity contribution >= 4 is 37.3 Å². The van der Waals surface area contributed by atoms with Crippen LogP contribution in [0.25, 0.3) is 16.3 Å². The van der Waals surface area contributed by atoms with Crippen LogP contribution in [-0.2, 0) is 10.0 Å². The molecule has 0 bridgehead atoms. The summed E-state index contributed by atoms with van der Waals surface area (Å²) in [5.74, 6) is 0. The van der Waals surface area contributed by atoms with Crippen LogP contribution in [0.1, 0.15) is 0 Å². The van der Waals surface area contributed by atoms with Gasteiger partial charge >= 0.3 is 0 Å². The molecule has 9 heteroatoms. The molecule has 0 saturated heterocycles. The zero-order valence-corrected chi connectivity index (χ0v) is 13.7. The zero-order chi connectivity index (χ0) is 15.0. The van der Waals surface area contributed by atoms with Gasteiger partial charge in [-0.2, -0.15) is 0 Å². The molecule has 6 nitrogen and oxygen atoms in total. The molecule has 0 spiro atoms. The maximum Gasteiger partial charge on any atom is 0.247 e. The standard InChI is InChI=1S/C12H9BrN4O2S2/c13-8-2-1-3-9(6-8)17-7-10(15-16-17)11-4-5-12(20-11)21(14,18)19/h1-7H,(H2,14,18,19). The number of aromatic nitrogens is 3. The van der Waals surface area contributed by atoms with E-state index in [2.05, 4.69) is 26.2 Å². The van der Waals surface area contributed by atoms with Crippen molar-refractivity contribution in [2.75, 3.05) is 0 Å². The number of halogens is 1. The third kappa shape index (κ3) is 3.05. The minimum Gasteiger partial charge on any atom is -0.224 e. The third-order valence-corrected chi connectivity index (χ3v) is 5.72. The Morgan fingerprint density at radius 3 is 2.71 bits per heavy atom. The van der Waals surface area contributed by atoms with Crippen LogP contribution in [0.3, 0.4) is 0 Å². The Hall–Kier alpha value is -1.55. The lowest BCUT2D eigenvalue weighted by Gasteiger charge is -1.99. The number of hydrogen-bond donors (Lipinski definition) is 1. The Morgan fingerprint density at radius 2 is 2.05 bits per heavy atom. The monoisotopic (exact) mass is 384 g/mol. The largest absolute Gasteiger partial charge is 0.247 e. The summed E-state index contributed by atoms with van der Waals surface area (Å²) < 4.78 is 25.2. The first kappa shape index (κ1) is 14.4. The molecule has 0 unspecified atom stereocenters. The molecular formula is C12H9BrN4O2S2. The second-order valence-electron chi connectivity index (χ2n) is 4.19. The minimum atomic E-state index is -3.68. The van der Waals surface area contributed by atoms with Gasteiger partial charge in [-0.1, -0.05) is 27.2 Å². The van der Waals surface area contributed by atoms with Crippen molar-refractivity contribution in [1.82, 2.24) is 15.0 Å². The van der Waals surface area contributed by atoms with Crippen LogP contribution in [0.15, 0.2) is 51.3 Å². The molecule has 1 aromatic carbocycles. The molecule has 3 rings (SSSR count). The van der Waals surface area contributed by atoms with Gasteiger partial charge in [0.05, 0.1) is 16.8 Å². The predicted octanol–water partition coefficient (Wildman–Crippen LogP) is 2.41.